The first-order chi connectivity index (χ1) is 11.6. The van der Waals surface area contributed by atoms with E-state index >= 15 is 0 Å². The number of benzene rings is 1. The van der Waals surface area contributed by atoms with Gasteiger partial charge in [-0.3, -0.25) is 9.78 Å². The van der Waals surface area contributed by atoms with Gasteiger partial charge < -0.3 is 5.32 Å². The van der Waals surface area contributed by atoms with Crippen LogP contribution in [0.5, 0.6) is 0 Å². The predicted octanol–water partition coefficient (Wildman–Crippen LogP) is 2.12. The smallest absolute Gasteiger partial charge is 0.244 e. The molecule has 1 saturated heterocycles. The van der Waals surface area contributed by atoms with Crippen molar-refractivity contribution in [1.29, 1.82) is 0 Å². The van der Waals surface area contributed by atoms with Crippen LogP contribution in [-0.2, 0) is 14.8 Å². The van der Waals surface area contributed by atoms with E-state index in [-0.39, 0.29) is 16.7 Å². The van der Waals surface area contributed by atoms with Crippen molar-refractivity contribution in [1.82, 2.24) is 9.29 Å². The van der Waals surface area contributed by atoms with E-state index in [2.05, 4.69) is 10.3 Å². The SMILES string of the molecule is O=C(Nc1ccccc1)C1CCN(S(=O)(=O)c2cccnc2)CC1. The highest BCUT2D eigenvalue weighted by atomic mass is 32.2. The zero-order chi connectivity index (χ0) is 17.0. The van der Waals surface area contributed by atoms with Gasteiger partial charge in [0.15, 0.2) is 0 Å². The van der Waals surface area contributed by atoms with Crippen LogP contribution in [0.25, 0.3) is 0 Å². The first-order valence-electron chi connectivity index (χ1n) is 7.83. The van der Waals surface area contributed by atoms with Gasteiger partial charge in [-0.1, -0.05) is 18.2 Å². The van der Waals surface area contributed by atoms with E-state index < -0.39 is 10.0 Å². The van der Waals surface area contributed by atoms with Crippen LogP contribution in [0, 0.1) is 5.92 Å². The Balaban J connectivity index is 1.61. The van der Waals surface area contributed by atoms with Gasteiger partial charge in [0, 0.05) is 37.1 Å². The molecule has 1 aliphatic rings. The van der Waals surface area contributed by atoms with Crippen molar-refractivity contribution in [2.24, 2.45) is 5.92 Å². The molecule has 0 atom stereocenters. The Morgan fingerprint density at radius 1 is 1.08 bits per heavy atom. The van der Waals surface area contributed by atoms with E-state index in [1.165, 1.54) is 16.6 Å². The molecule has 7 heteroatoms. The number of anilines is 1. The van der Waals surface area contributed by atoms with Gasteiger partial charge in [-0.15, -0.1) is 0 Å². The third kappa shape index (κ3) is 3.63. The van der Waals surface area contributed by atoms with Crippen molar-refractivity contribution >= 4 is 21.6 Å². The molecule has 0 radical (unpaired) electrons. The number of amides is 1. The second-order valence-electron chi connectivity index (χ2n) is 5.72. The van der Waals surface area contributed by atoms with Gasteiger partial charge in [0.2, 0.25) is 15.9 Å². The van der Waals surface area contributed by atoms with Crippen LogP contribution >= 0.6 is 0 Å². The summed E-state index contributed by atoms with van der Waals surface area (Å²) < 4.78 is 26.5. The second kappa shape index (κ2) is 7.11. The standard InChI is InChI=1S/C17H19N3O3S/c21-17(19-15-5-2-1-3-6-15)14-8-11-20(12-9-14)24(22,23)16-7-4-10-18-13-16/h1-7,10,13-14H,8-9,11-12H2,(H,19,21). The molecule has 0 aliphatic carbocycles. The van der Waals surface area contributed by atoms with Gasteiger partial charge in [0.1, 0.15) is 4.90 Å². The summed E-state index contributed by atoms with van der Waals surface area (Å²) in [6, 6.07) is 12.4. The van der Waals surface area contributed by atoms with E-state index in [0.29, 0.717) is 25.9 Å². The number of hydrogen-bond donors (Lipinski definition) is 1. The zero-order valence-corrected chi connectivity index (χ0v) is 13.9. The third-order valence-electron chi connectivity index (χ3n) is 4.14. The topological polar surface area (TPSA) is 79.4 Å². The van der Waals surface area contributed by atoms with Crippen molar-refractivity contribution in [2.45, 2.75) is 17.7 Å². The molecule has 0 unspecified atom stereocenters. The minimum absolute atomic E-state index is 0.0559. The van der Waals surface area contributed by atoms with Crippen LogP contribution < -0.4 is 5.32 Å². The van der Waals surface area contributed by atoms with Crippen molar-refractivity contribution in [3.8, 4) is 0 Å². The molecule has 0 saturated carbocycles. The summed E-state index contributed by atoms with van der Waals surface area (Å²) >= 11 is 0. The third-order valence-corrected chi connectivity index (χ3v) is 6.02. The molecule has 1 aromatic carbocycles. The average Bonchev–Trinajstić information content (AvgIpc) is 2.63. The maximum absolute atomic E-state index is 12.5. The van der Waals surface area contributed by atoms with Crippen LogP contribution in [0.4, 0.5) is 5.69 Å². The van der Waals surface area contributed by atoms with Crippen LogP contribution in [0.15, 0.2) is 59.8 Å². The lowest BCUT2D eigenvalue weighted by molar-refractivity contribution is -0.120. The quantitative estimate of drug-likeness (QED) is 0.920. The van der Waals surface area contributed by atoms with Crippen molar-refractivity contribution in [2.75, 3.05) is 18.4 Å². The first-order valence-corrected chi connectivity index (χ1v) is 9.27. The molecule has 1 amide bonds. The maximum atomic E-state index is 12.5. The zero-order valence-electron chi connectivity index (χ0n) is 13.1. The number of nitrogens with zero attached hydrogens (tertiary/aromatic N) is 2. The summed E-state index contributed by atoms with van der Waals surface area (Å²) in [6.45, 7) is 0.675. The van der Waals surface area contributed by atoms with Crippen molar-refractivity contribution in [3.63, 3.8) is 0 Å². The fourth-order valence-corrected chi connectivity index (χ4v) is 4.21. The molecule has 3 rings (SSSR count). The first kappa shape index (κ1) is 16.6. The summed E-state index contributed by atoms with van der Waals surface area (Å²) in [6.07, 6.45) is 3.92. The number of nitrogens with one attached hydrogen (secondary N) is 1. The van der Waals surface area contributed by atoms with E-state index in [1.807, 2.05) is 30.3 Å². The molecule has 2 heterocycles. The summed E-state index contributed by atoms with van der Waals surface area (Å²) in [5.74, 6) is -0.231. The van der Waals surface area contributed by atoms with Gasteiger partial charge in [-0.25, -0.2) is 8.42 Å². The number of rotatable bonds is 4. The summed E-state index contributed by atoms with van der Waals surface area (Å²) in [4.78, 5) is 16.4. The lowest BCUT2D eigenvalue weighted by Gasteiger charge is -2.30. The number of carbonyl (C=O) groups excluding carboxylic acids is 1. The number of hydrogen-bond acceptors (Lipinski definition) is 4. The average molecular weight is 345 g/mol. The molecule has 0 bridgehead atoms. The van der Waals surface area contributed by atoms with Crippen LogP contribution in [0.2, 0.25) is 0 Å². The Labute approximate surface area is 141 Å². The number of carbonyl (C=O) groups is 1. The lowest BCUT2D eigenvalue weighted by atomic mass is 9.97. The number of sulfonamides is 1. The van der Waals surface area contributed by atoms with Gasteiger partial charge >= 0.3 is 0 Å². The number of para-hydroxylation sites is 1. The highest BCUT2D eigenvalue weighted by Crippen LogP contribution is 2.24. The van der Waals surface area contributed by atoms with Crippen molar-refractivity contribution < 1.29 is 13.2 Å². The summed E-state index contributed by atoms with van der Waals surface area (Å²) in [5, 5.41) is 2.88. The van der Waals surface area contributed by atoms with Gasteiger partial charge in [0.25, 0.3) is 0 Å². The van der Waals surface area contributed by atoms with Crippen LogP contribution in [0.3, 0.4) is 0 Å². The Bertz CT molecular complexity index is 786. The van der Waals surface area contributed by atoms with E-state index in [1.54, 1.807) is 12.3 Å². The molecular formula is C17H19N3O3S. The summed E-state index contributed by atoms with van der Waals surface area (Å²) in [7, 11) is -3.53. The van der Waals surface area contributed by atoms with E-state index in [9.17, 15) is 13.2 Å². The lowest BCUT2D eigenvalue weighted by Crippen LogP contribution is -2.41. The fourth-order valence-electron chi connectivity index (χ4n) is 2.77. The molecule has 126 valence electrons. The predicted molar refractivity (Wildman–Crippen MR) is 90.8 cm³/mol. The van der Waals surface area contributed by atoms with E-state index in [0.717, 1.165) is 5.69 Å². The monoisotopic (exact) mass is 345 g/mol. The molecule has 0 spiro atoms. The van der Waals surface area contributed by atoms with Gasteiger partial charge in [-0.05, 0) is 37.1 Å². The number of piperidine rings is 1. The van der Waals surface area contributed by atoms with Crippen LogP contribution in [-0.4, -0.2) is 36.7 Å². The Hall–Kier alpha value is -2.25. The number of aromatic nitrogens is 1. The molecule has 1 aliphatic heterocycles. The Morgan fingerprint density at radius 2 is 1.79 bits per heavy atom. The normalized spacial score (nSPS) is 16.7. The van der Waals surface area contributed by atoms with E-state index in [4.69, 9.17) is 0 Å². The Kier molecular flexibility index (Phi) is 4.92. The summed E-state index contributed by atoms with van der Waals surface area (Å²) in [5.41, 5.74) is 0.757. The molecule has 2 aromatic rings. The Morgan fingerprint density at radius 3 is 2.42 bits per heavy atom. The number of pyridine rings is 1. The van der Waals surface area contributed by atoms with Gasteiger partial charge in [-0.2, -0.15) is 4.31 Å². The fraction of sp³-hybridized carbons (Fsp3) is 0.294. The van der Waals surface area contributed by atoms with Crippen molar-refractivity contribution in [3.05, 3.63) is 54.9 Å². The second-order valence-corrected chi connectivity index (χ2v) is 7.66. The molecule has 6 nitrogen and oxygen atoms in total. The molecule has 1 fully saturated rings. The molecule has 24 heavy (non-hydrogen) atoms. The highest BCUT2D eigenvalue weighted by Gasteiger charge is 2.32. The van der Waals surface area contributed by atoms with Crippen LogP contribution in [0.1, 0.15) is 12.8 Å². The minimum Gasteiger partial charge on any atom is -0.326 e. The largest absolute Gasteiger partial charge is 0.326 e. The highest BCUT2D eigenvalue weighted by molar-refractivity contribution is 7.89. The molecule has 1 aromatic heterocycles. The molecule has 1 N–H and O–H groups in total. The van der Waals surface area contributed by atoms with Gasteiger partial charge in [0.05, 0.1) is 0 Å². The minimum atomic E-state index is -3.53. The molecular weight excluding hydrogens is 326 g/mol. The maximum Gasteiger partial charge on any atom is 0.244 e.